The van der Waals surface area contributed by atoms with Crippen LogP contribution in [0.4, 0.5) is 5.69 Å². The van der Waals surface area contributed by atoms with Crippen LogP contribution in [0.25, 0.3) is 0 Å². The van der Waals surface area contributed by atoms with Gasteiger partial charge in [-0.05, 0) is 19.1 Å². The first-order valence-electron chi connectivity index (χ1n) is 5.79. The number of anilines is 1. The largest absolute Gasteiger partial charge is 0.497 e. The Hall–Kier alpha value is -2.34. The van der Waals surface area contributed by atoms with Gasteiger partial charge in [0.1, 0.15) is 16.5 Å². The van der Waals surface area contributed by atoms with Crippen molar-refractivity contribution in [3.63, 3.8) is 0 Å². The van der Waals surface area contributed by atoms with Crippen molar-refractivity contribution >= 4 is 23.0 Å². The van der Waals surface area contributed by atoms with E-state index in [4.69, 9.17) is 16.3 Å². The summed E-state index contributed by atoms with van der Waals surface area (Å²) in [6.45, 7) is 1.83. The molecule has 2 N–H and O–H groups in total. The van der Waals surface area contributed by atoms with E-state index >= 15 is 0 Å². The van der Waals surface area contributed by atoms with E-state index in [0.717, 1.165) is 17.0 Å². The lowest BCUT2D eigenvalue weighted by Crippen LogP contribution is -2.10. The van der Waals surface area contributed by atoms with Crippen molar-refractivity contribution in [2.45, 2.75) is 6.92 Å². The maximum atomic E-state index is 11.3. The van der Waals surface area contributed by atoms with E-state index in [1.807, 2.05) is 31.2 Å². The van der Waals surface area contributed by atoms with Gasteiger partial charge in [-0.1, -0.05) is 23.7 Å². The third kappa shape index (κ3) is 3.16. The Bertz CT molecular complexity index is 697. The number of benzene rings is 1. The van der Waals surface area contributed by atoms with Gasteiger partial charge in [-0.15, -0.1) is 0 Å². The van der Waals surface area contributed by atoms with Crippen LogP contribution in [0.2, 0.25) is 5.02 Å². The molecule has 0 atom stereocenters. The normalized spacial score (nSPS) is 11.2. The van der Waals surface area contributed by atoms with Crippen LogP contribution in [-0.2, 0) is 0 Å². The summed E-state index contributed by atoms with van der Waals surface area (Å²) < 4.78 is 5.15. The second-order valence-electron chi connectivity index (χ2n) is 3.97. The second-order valence-corrected chi connectivity index (χ2v) is 4.35. The van der Waals surface area contributed by atoms with Gasteiger partial charge in [-0.25, -0.2) is 5.10 Å². The molecule has 0 aliphatic heterocycles. The van der Waals surface area contributed by atoms with Crippen LogP contribution in [0, 0.1) is 0 Å². The van der Waals surface area contributed by atoms with Crippen molar-refractivity contribution < 1.29 is 4.74 Å². The van der Waals surface area contributed by atoms with Crippen molar-refractivity contribution in [1.29, 1.82) is 0 Å². The molecule has 7 heteroatoms. The molecular weight excluding hydrogens is 280 g/mol. The number of aromatic amines is 1. The molecule has 1 heterocycles. The van der Waals surface area contributed by atoms with Crippen LogP contribution >= 0.6 is 11.6 Å². The minimum atomic E-state index is -0.467. The Kier molecular flexibility index (Phi) is 4.37. The maximum absolute atomic E-state index is 11.3. The fraction of sp³-hybridized carbons (Fsp3) is 0.154. The van der Waals surface area contributed by atoms with E-state index < -0.39 is 5.56 Å². The lowest BCUT2D eigenvalue weighted by Gasteiger charge is -2.06. The Labute approximate surface area is 120 Å². The van der Waals surface area contributed by atoms with Crippen molar-refractivity contribution in [3.8, 4) is 5.75 Å². The topological polar surface area (TPSA) is 79.4 Å². The summed E-state index contributed by atoms with van der Waals surface area (Å²) in [5, 5.41) is 10.1. The lowest BCUT2D eigenvalue weighted by molar-refractivity contribution is 0.414. The highest BCUT2D eigenvalue weighted by Crippen LogP contribution is 2.16. The number of hydrogen-bond donors (Lipinski definition) is 2. The standard InChI is InChI=1S/C13H13ClN4O2/c1-8(9-4-3-5-10(6-9)20-2)16-17-11-7-15-18-13(19)12(11)14/h3-7H,1-2H3,(H2,17,18,19)/b16-8-. The summed E-state index contributed by atoms with van der Waals surface area (Å²) in [6.07, 6.45) is 1.39. The number of aromatic nitrogens is 2. The Morgan fingerprint density at radius 1 is 1.50 bits per heavy atom. The van der Waals surface area contributed by atoms with Gasteiger partial charge < -0.3 is 4.74 Å². The van der Waals surface area contributed by atoms with Gasteiger partial charge in [0, 0.05) is 5.56 Å². The average molecular weight is 293 g/mol. The van der Waals surface area contributed by atoms with Gasteiger partial charge in [0.05, 0.1) is 19.0 Å². The number of nitrogens with one attached hydrogen (secondary N) is 2. The Morgan fingerprint density at radius 3 is 3.05 bits per heavy atom. The molecule has 0 radical (unpaired) electrons. The maximum Gasteiger partial charge on any atom is 0.285 e. The molecule has 0 fully saturated rings. The van der Waals surface area contributed by atoms with Crippen molar-refractivity contribution in [1.82, 2.24) is 10.2 Å². The zero-order chi connectivity index (χ0) is 14.5. The zero-order valence-corrected chi connectivity index (χ0v) is 11.7. The molecule has 0 saturated heterocycles. The van der Waals surface area contributed by atoms with Gasteiger partial charge in [-0.2, -0.15) is 10.2 Å². The van der Waals surface area contributed by atoms with Crippen molar-refractivity contribution in [3.05, 3.63) is 51.4 Å². The van der Waals surface area contributed by atoms with Crippen molar-refractivity contribution in [2.75, 3.05) is 12.5 Å². The third-order valence-corrected chi connectivity index (χ3v) is 3.00. The molecule has 2 rings (SSSR count). The summed E-state index contributed by atoms with van der Waals surface area (Å²) >= 11 is 5.83. The van der Waals surface area contributed by atoms with E-state index in [-0.39, 0.29) is 5.02 Å². The predicted octanol–water partition coefficient (Wildman–Crippen LogP) is 2.27. The number of nitrogens with zero attached hydrogens (tertiary/aromatic N) is 2. The molecular formula is C13H13ClN4O2. The van der Waals surface area contributed by atoms with Crippen LogP contribution in [-0.4, -0.2) is 23.0 Å². The fourth-order valence-electron chi connectivity index (χ4n) is 1.52. The summed E-state index contributed by atoms with van der Waals surface area (Å²) in [5.41, 5.74) is 4.22. The Morgan fingerprint density at radius 2 is 2.30 bits per heavy atom. The van der Waals surface area contributed by atoms with E-state index in [2.05, 4.69) is 20.7 Å². The minimum absolute atomic E-state index is 0.0159. The minimum Gasteiger partial charge on any atom is -0.497 e. The van der Waals surface area contributed by atoms with Gasteiger partial charge in [0.25, 0.3) is 5.56 Å². The van der Waals surface area contributed by atoms with Gasteiger partial charge in [0.15, 0.2) is 0 Å². The van der Waals surface area contributed by atoms with Crippen LogP contribution in [0.5, 0.6) is 5.75 Å². The molecule has 104 valence electrons. The predicted molar refractivity (Wildman–Crippen MR) is 78.7 cm³/mol. The van der Waals surface area contributed by atoms with Gasteiger partial charge in [-0.3, -0.25) is 10.2 Å². The number of hydrazone groups is 1. The quantitative estimate of drug-likeness (QED) is 0.669. The van der Waals surface area contributed by atoms with Gasteiger partial charge in [0.2, 0.25) is 0 Å². The zero-order valence-electron chi connectivity index (χ0n) is 11.0. The smallest absolute Gasteiger partial charge is 0.285 e. The van der Waals surface area contributed by atoms with Crippen molar-refractivity contribution in [2.24, 2.45) is 5.10 Å². The first kappa shape index (κ1) is 14.1. The van der Waals surface area contributed by atoms with Crippen LogP contribution in [0.3, 0.4) is 0 Å². The number of H-pyrrole nitrogens is 1. The molecule has 6 nitrogen and oxygen atoms in total. The number of rotatable bonds is 4. The van der Waals surface area contributed by atoms with Gasteiger partial charge >= 0.3 is 0 Å². The number of methoxy groups -OCH3 is 1. The summed E-state index contributed by atoms with van der Waals surface area (Å²) in [7, 11) is 1.60. The molecule has 0 aliphatic carbocycles. The fourth-order valence-corrected chi connectivity index (χ4v) is 1.65. The molecule has 2 aromatic rings. The summed E-state index contributed by atoms with van der Waals surface area (Å²) in [6, 6.07) is 7.48. The van der Waals surface area contributed by atoms with E-state index in [1.165, 1.54) is 6.20 Å². The molecule has 0 spiro atoms. The van der Waals surface area contributed by atoms with E-state index in [9.17, 15) is 4.79 Å². The average Bonchev–Trinajstić information content (AvgIpc) is 2.48. The van der Waals surface area contributed by atoms with Crippen LogP contribution in [0.15, 0.2) is 40.4 Å². The number of hydrogen-bond acceptors (Lipinski definition) is 5. The molecule has 0 amide bonds. The molecule has 0 saturated carbocycles. The molecule has 20 heavy (non-hydrogen) atoms. The monoisotopic (exact) mass is 292 g/mol. The van der Waals surface area contributed by atoms with Crippen LogP contribution < -0.4 is 15.7 Å². The first-order chi connectivity index (χ1) is 9.61. The molecule has 0 unspecified atom stereocenters. The number of ether oxygens (including phenoxy) is 1. The SMILES string of the molecule is COc1cccc(/C(C)=N\Nc2cn[nH]c(=O)c2Cl)c1. The third-order valence-electron chi connectivity index (χ3n) is 2.63. The summed E-state index contributed by atoms with van der Waals surface area (Å²) in [4.78, 5) is 11.3. The number of halogens is 1. The highest BCUT2D eigenvalue weighted by Gasteiger charge is 2.04. The first-order valence-corrected chi connectivity index (χ1v) is 6.17. The molecule has 1 aromatic carbocycles. The lowest BCUT2D eigenvalue weighted by atomic mass is 10.1. The second kappa shape index (κ2) is 6.21. The highest BCUT2D eigenvalue weighted by atomic mass is 35.5. The Balaban J connectivity index is 2.22. The summed E-state index contributed by atoms with van der Waals surface area (Å²) in [5.74, 6) is 0.743. The molecule has 0 aliphatic rings. The highest BCUT2D eigenvalue weighted by molar-refractivity contribution is 6.32. The van der Waals surface area contributed by atoms with Crippen LogP contribution in [0.1, 0.15) is 12.5 Å². The molecule has 1 aromatic heterocycles. The van der Waals surface area contributed by atoms with E-state index in [1.54, 1.807) is 7.11 Å². The van der Waals surface area contributed by atoms with E-state index in [0.29, 0.717) is 5.69 Å². The molecule has 0 bridgehead atoms.